The summed E-state index contributed by atoms with van der Waals surface area (Å²) in [6.07, 6.45) is 0.865. The second-order valence-electron chi connectivity index (χ2n) is 5.61. The molecule has 1 aromatic rings. The summed E-state index contributed by atoms with van der Waals surface area (Å²) in [7, 11) is -0.492. The zero-order chi connectivity index (χ0) is 13.6. The molecular formula is C13H19BClNO2. The van der Waals surface area contributed by atoms with E-state index in [1.165, 1.54) is 0 Å². The van der Waals surface area contributed by atoms with Crippen molar-refractivity contribution in [3.8, 4) is 0 Å². The molecule has 0 amide bonds. The van der Waals surface area contributed by atoms with Crippen LogP contribution in [0.3, 0.4) is 0 Å². The lowest BCUT2D eigenvalue weighted by Crippen LogP contribution is -2.41. The predicted molar refractivity (Wildman–Crippen MR) is 74.3 cm³/mol. The van der Waals surface area contributed by atoms with E-state index in [9.17, 15) is 0 Å². The second kappa shape index (κ2) is 4.51. The summed E-state index contributed by atoms with van der Waals surface area (Å²) in [6, 6.07) is 3.78. The highest BCUT2D eigenvalue weighted by Gasteiger charge is 2.52. The van der Waals surface area contributed by atoms with Gasteiger partial charge in [-0.1, -0.05) is 18.5 Å². The molecule has 0 unspecified atom stereocenters. The van der Waals surface area contributed by atoms with E-state index in [1.807, 2.05) is 39.8 Å². The lowest BCUT2D eigenvalue weighted by molar-refractivity contribution is 0.00578. The van der Waals surface area contributed by atoms with Crippen molar-refractivity contribution in [1.82, 2.24) is 4.98 Å². The van der Waals surface area contributed by atoms with Gasteiger partial charge in [0.05, 0.1) is 21.8 Å². The van der Waals surface area contributed by atoms with Crippen LogP contribution < -0.4 is 5.59 Å². The Labute approximate surface area is 114 Å². The molecule has 1 aromatic heterocycles. The minimum absolute atomic E-state index is 0.370. The normalized spacial score (nSPS) is 21.3. The number of hydrogen-bond acceptors (Lipinski definition) is 3. The number of aromatic nitrogens is 1. The number of nitrogens with zero attached hydrogens (tertiary/aromatic N) is 1. The monoisotopic (exact) mass is 267 g/mol. The van der Waals surface area contributed by atoms with Crippen LogP contribution in [0.25, 0.3) is 0 Å². The van der Waals surface area contributed by atoms with Crippen molar-refractivity contribution in [2.24, 2.45) is 0 Å². The molecule has 1 aliphatic rings. The van der Waals surface area contributed by atoms with Gasteiger partial charge in [-0.25, -0.2) is 0 Å². The fourth-order valence-corrected chi connectivity index (χ4v) is 2.01. The Bertz CT molecular complexity index is 446. The highest BCUT2D eigenvalue weighted by molar-refractivity contribution is 6.64. The van der Waals surface area contributed by atoms with E-state index in [-0.39, 0.29) is 11.2 Å². The molecule has 0 aliphatic carbocycles. The largest absolute Gasteiger partial charge is 0.516 e. The van der Waals surface area contributed by atoms with Crippen molar-refractivity contribution >= 4 is 24.3 Å². The van der Waals surface area contributed by atoms with Gasteiger partial charge in [-0.2, -0.15) is 0 Å². The molecule has 1 fully saturated rings. The molecule has 98 valence electrons. The van der Waals surface area contributed by atoms with Crippen LogP contribution in [0.5, 0.6) is 0 Å². The average Bonchev–Trinajstić information content (AvgIpc) is 2.48. The fourth-order valence-electron chi connectivity index (χ4n) is 1.82. The van der Waals surface area contributed by atoms with Gasteiger partial charge in [-0.05, 0) is 46.2 Å². The SMILES string of the molecule is CCc1ccc(Cl)c(B2OC(C)(C)C(C)(C)O2)n1. The minimum Gasteiger partial charge on any atom is -0.398 e. The molecule has 0 radical (unpaired) electrons. The summed E-state index contributed by atoms with van der Waals surface area (Å²) in [4.78, 5) is 4.52. The Morgan fingerprint density at radius 3 is 2.22 bits per heavy atom. The van der Waals surface area contributed by atoms with Crippen LogP contribution >= 0.6 is 11.6 Å². The van der Waals surface area contributed by atoms with Crippen LogP contribution in [-0.4, -0.2) is 23.3 Å². The molecule has 0 saturated carbocycles. The van der Waals surface area contributed by atoms with E-state index in [0.29, 0.717) is 10.6 Å². The average molecular weight is 268 g/mol. The standard InChI is InChI=1S/C13H19BClNO2/c1-6-9-7-8-10(15)11(16-9)14-17-12(2,3)13(4,5)18-14/h7-8H,6H2,1-5H3. The summed E-state index contributed by atoms with van der Waals surface area (Å²) < 4.78 is 11.9. The van der Waals surface area contributed by atoms with E-state index in [4.69, 9.17) is 20.9 Å². The van der Waals surface area contributed by atoms with E-state index in [1.54, 1.807) is 0 Å². The van der Waals surface area contributed by atoms with Crippen molar-refractivity contribution in [2.45, 2.75) is 52.2 Å². The molecule has 0 bridgehead atoms. The summed E-state index contributed by atoms with van der Waals surface area (Å²) >= 11 is 6.20. The van der Waals surface area contributed by atoms with Gasteiger partial charge in [-0.3, -0.25) is 4.98 Å². The molecule has 2 rings (SSSR count). The van der Waals surface area contributed by atoms with E-state index >= 15 is 0 Å². The number of pyridine rings is 1. The first-order chi connectivity index (χ1) is 8.27. The van der Waals surface area contributed by atoms with Gasteiger partial charge >= 0.3 is 7.12 Å². The summed E-state index contributed by atoms with van der Waals surface area (Å²) in [5.74, 6) is 0. The molecule has 18 heavy (non-hydrogen) atoms. The van der Waals surface area contributed by atoms with Gasteiger partial charge in [0.15, 0.2) is 0 Å². The van der Waals surface area contributed by atoms with E-state index < -0.39 is 7.12 Å². The Kier molecular flexibility index (Phi) is 3.47. The lowest BCUT2D eigenvalue weighted by atomic mass is 9.84. The van der Waals surface area contributed by atoms with Crippen molar-refractivity contribution in [2.75, 3.05) is 0 Å². The molecule has 1 aliphatic heterocycles. The maximum Gasteiger partial charge on any atom is 0.516 e. The van der Waals surface area contributed by atoms with Crippen LogP contribution in [0.2, 0.25) is 5.02 Å². The molecule has 5 heteroatoms. The van der Waals surface area contributed by atoms with Gasteiger partial charge < -0.3 is 9.31 Å². The molecule has 0 N–H and O–H groups in total. The van der Waals surface area contributed by atoms with Crippen molar-refractivity contribution in [3.63, 3.8) is 0 Å². The third-order valence-corrected chi connectivity index (χ3v) is 4.09. The van der Waals surface area contributed by atoms with E-state index in [2.05, 4.69) is 11.9 Å². The maximum atomic E-state index is 6.20. The molecule has 1 saturated heterocycles. The summed E-state index contributed by atoms with van der Waals surface area (Å²) in [6.45, 7) is 10.1. The van der Waals surface area contributed by atoms with Gasteiger partial charge in [0.2, 0.25) is 0 Å². The van der Waals surface area contributed by atoms with Crippen molar-refractivity contribution in [1.29, 1.82) is 0 Å². The fraction of sp³-hybridized carbons (Fsp3) is 0.615. The molecule has 0 spiro atoms. The first-order valence-corrected chi connectivity index (χ1v) is 6.65. The zero-order valence-corrected chi connectivity index (χ0v) is 12.3. The quantitative estimate of drug-likeness (QED) is 0.772. The summed E-state index contributed by atoms with van der Waals surface area (Å²) in [5, 5.41) is 0.589. The molecule has 0 atom stereocenters. The van der Waals surface area contributed by atoms with Gasteiger partial charge in [0, 0.05) is 5.69 Å². The van der Waals surface area contributed by atoms with Gasteiger partial charge in [0.1, 0.15) is 0 Å². The molecule has 3 nitrogen and oxygen atoms in total. The first-order valence-electron chi connectivity index (χ1n) is 6.28. The minimum atomic E-state index is -0.492. The van der Waals surface area contributed by atoms with Crippen LogP contribution in [0.15, 0.2) is 12.1 Å². The number of aryl methyl sites for hydroxylation is 1. The Hall–Kier alpha value is -0.575. The zero-order valence-electron chi connectivity index (χ0n) is 11.6. The molecule has 0 aromatic carbocycles. The van der Waals surface area contributed by atoms with Crippen molar-refractivity contribution in [3.05, 3.63) is 22.8 Å². The third kappa shape index (κ3) is 2.29. The van der Waals surface area contributed by atoms with Crippen LogP contribution in [-0.2, 0) is 15.7 Å². The van der Waals surface area contributed by atoms with Crippen molar-refractivity contribution < 1.29 is 9.31 Å². The highest BCUT2D eigenvalue weighted by Crippen LogP contribution is 2.36. The topological polar surface area (TPSA) is 31.4 Å². The van der Waals surface area contributed by atoms with Crippen LogP contribution in [0.4, 0.5) is 0 Å². The lowest BCUT2D eigenvalue weighted by Gasteiger charge is -2.32. The summed E-state index contributed by atoms with van der Waals surface area (Å²) in [5.41, 5.74) is 0.925. The number of halogens is 1. The third-order valence-electron chi connectivity index (χ3n) is 3.77. The van der Waals surface area contributed by atoms with Gasteiger partial charge in [0.25, 0.3) is 0 Å². The highest BCUT2D eigenvalue weighted by atomic mass is 35.5. The van der Waals surface area contributed by atoms with Crippen LogP contribution in [0, 0.1) is 0 Å². The number of hydrogen-bond donors (Lipinski definition) is 0. The van der Waals surface area contributed by atoms with E-state index in [0.717, 1.165) is 12.1 Å². The predicted octanol–water partition coefficient (Wildman–Crippen LogP) is 2.60. The second-order valence-corrected chi connectivity index (χ2v) is 6.02. The van der Waals surface area contributed by atoms with Gasteiger partial charge in [-0.15, -0.1) is 0 Å². The smallest absolute Gasteiger partial charge is 0.398 e. The Morgan fingerprint density at radius 1 is 1.17 bits per heavy atom. The maximum absolute atomic E-state index is 6.20. The Morgan fingerprint density at radius 2 is 1.72 bits per heavy atom. The molecular weight excluding hydrogens is 248 g/mol. The van der Waals surface area contributed by atoms with Crippen LogP contribution in [0.1, 0.15) is 40.3 Å². The molecule has 2 heterocycles. The first kappa shape index (κ1) is 13.8. The number of rotatable bonds is 2. The Balaban J connectivity index is 2.34.